The third-order valence-corrected chi connectivity index (χ3v) is 6.60. The molecule has 4 aromatic heterocycles. The number of pyridine rings is 1. The minimum absolute atomic E-state index is 0.213. The molecule has 0 bridgehead atoms. The molecule has 198 valence electrons. The van der Waals surface area contributed by atoms with Gasteiger partial charge in [-0.2, -0.15) is 4.98 Å². The zero-order chi connectivity index (χ0) is 27.7. The van der Waals surface area contributed by atoms with Crippen molar-refractivity contribution in [3.8, 4) is 22.4 Å². The third-order valence-electron chi connectivity index (χ3n) is 6.02. The SMILES string of the molecule is CNc1ncc2cc(-c3cccc(NC(=O)Nc4cnc(C(C)(C)C)nc4-c4cnsc4)c3)c(=O)n(C)c2n1. The number of benzene rings is 1. The zero-order valence-corrected chi connectivity index (χ0v) is 22.9. The number of rotatable bonds is 5. The van der Waals surface area contributed by atoms with Crippen LogP contribution >= 0.6 is 11.5 Å². The van der Waals surface area contributed by atoms with Gasteiger partial charge in [0, 0.05) is 53.3 Å². The van der Waals surface area contributed by atoms with Crippen molar-refractivity contribution in [1.82, 2.24) is 28.9 Å². The fraction of sp³-hybridized carbons (Fsp3) is 0.222. The van der Waals surface area contributed by atoms with Gasteiger partial charge in [-0.1, -0.05) is 32.9 Å². The molecule has 0 spiro atoms. The van der Waals surface area contributed by atoms with Crippen LogP contribution in [0.1, 0.15) is 26.6 Å². The van der Waals surface area contributed by atoms with Crippen molar-refractivity contribution in [1.29, 1.82) is 0 Å². The number of hydrogen-bond donors (Lipinski definition) is 3. The number of fused-ring (bicyclic) bond motifs is 1. The molecule has 0 fully saturated rings. The molecule has 12 heteroatoms. The highest BCUT2D eigenvalue weighted by Gasteiger charge is 2.21. The molecule has 4 heterocycles. The van der Waals surface area contributed by atoms with Crippen LogP contribution in [0.3, 0.4) is 0 Å². The van der Waals surface area contributed by atoms with Crippen molar-refractivity contribution in [2.24, 2.45) is 7.05 Å². The number of anilines is 3. The highest BCUT2D eigenvalue weighted by atomic mass is 32.1. The monoisotopic (exact) mass is 541 g/mol. The second-order valence-electron chi connectivity index (χ2n) is 9.92. The van der Waals surface area contributed by atoms with Crippen molar-refractivity contribution in [3.05, 3.63) is 70.5 Å². The van der Waals surface area contributed by atoms with Crippen LogP contribution < -0.4 is 21.5 Å². The van der Waals surface area contributed by atoms with Gasteiger partial charge in [-0.25, -0.2) is 24.1 Å². The van der Waals surface area contributed by atoms with Crippen molar-refractivity contribution < 1.29 is 4.79 Å². The number of carbonyl (C=O) groups excluding carboxylic acids is 1. The summed E-state index contributed by atoms with van der Waals surface area (Å²) in [6, 6.07) is 8.37. The van der Waals surface area contributed by atoms with Crippen molar-refractivity contribution in [3.63, 3.8) is 0 Å². The van der Waals surface area contributed by atoms with Crippen LogP contribution in [0.25, 0.3) is 33.4 Å². The molecule has 0 aliphatic heterocycles. The molecule has 0 aliphatic carbocycles. The van der Waals surface area contributed by atoms with Gasteiger partial charge in [-0.3, -0.25) is 9.36 Å². The van der Waals surface area contributed by atoms with Crippen LogP contribution in [0.5, 0.6) is 0 Å². The Labute approximate surface area is 228 Å². The summed E-state index contributed by atoms with van der Waals surface area (Å²) in [5.74, 6) is 1.09. The molecular formula is C27H27N9O2S. The van der Waals surface area contributed by atoms with E-state index in [1.165, 1.54) is 16.1 Å². The van der Waals surface area contributed by atoms with Crippen LogP contribution in [-0.2, 0) is 12.5 Å². The molecule has 2 amide bonds. The lowest BCUT2D eigenvalue weighted by Gasteiger charge is -2.18. The van der Waals surface area contributed by atoms with E-state index in [0.29, 0.717) is 45.6 Å². The number of aryl methyl sites for hydroxylation is 1. The van der Waals surface area contributed by atoms with Gasteiger partial charge in [-0.05, 0) is 35.3 Å². The molecule has 5 rings (SSSR count). The van der Waals surface area contributed by atoms with E-state index in [0.717, 1.165) is 10.9 Å². The van der Waals surface area contributed by atoms with Crippen molar-refractivity contribution in [2.45, 2.75) is 26.2 Å². The molecule has 3 N–H and O–H groups in total. The van der Waals surface area contributed by atoms with E-state index in [-0.39, 0.29) is 11.0 Å². The van der Waals surface area contributed by atoms with E-state index < -0.39 is 6.03 Å². The predicted octanol–water partition coefficient (Wildman–Crippen LogP) is 4.89. The summed E-state index contributed by atoms with van der Waals surface area (Å²) in [6.07, 6.45) is 4.98. The van der Waals surface area contributed by atoms with Crippen LogP contribution in [0, 0.1) is 0 Å². The summed E-state index contributed by atoms with van der Waals surface area (Å²) in [7, 11) is 3.39. The maximum absolute atomic E-state index is 13.2. The molecule has 0 aliphatic rings. The molecule has 11 nitrogen and oxygen atoms in total. The van der Waals surface area contributed by atoms with Gasteiger partial charge in [0.2, 0.25) is 5.95 Å². The summed E-state index contributed by atoms with van der Waals surface area (Å²) in [5, 5.41) is 11.2. The largest absolute Gasteiger partial charge is 0.357 e. The Balaban J connectivity index is 1.42. The second-order valence-corrected chi connectivity index (χ2v) is 10.6. The quantitative estimate of drug-likeness (QED) is 0.286. The maximum Gasteiger partial charge on any atom is 0.323 e. The van der Waals surface area contributed by atoms with Gasteiger partial charge < -0.3 is 16.0 Å². The van der Waals surface area contributed by atoms with Gasteiger partial charge in [0.1, 0.15) is 17.2 Å². The first kappa shape index (κ1) is 25.9. The fourth-order valence-electron chi connectivity index (χ4n) is 4.00. The summed E-state index contributed by atoms with van der Waals surface area (Å²) in [5.41, 5.74) is 3.52. The molecule has 0 atom stereocenters. The number of carbonyl (C=O) groups is 1. The van der Waals surface area contributed by atoms with E-state index >= 15 is 0 Å². The van der Waals surface area contributed by atoms with Crippen LogP contribution in [0.15, 0.2) is 59.1 Å². The van der Waals surface area contributed by atoms with E-state index in [4.69, 9.17) is 4.98 Å². The molecule has 39 heavy (non-hydrogen) atoms. The van der Waals surface area contributed by atoms with Gasteiger partial charge in [0.15, 0.2) is 0 Å². The Hall–Kier alpha value is -4.71. The fourth-order valence-corrected chi connectivity index (χ4v) is 4.52. The number of hydrogen-bond acceptors (Lipinski definition) is 9. The van der Waals surface area contributed by atoms with E-state index in [2.05, 4.69) is 35.3 Å². The van der Waals surface area contributed by atoms with E-state index in [9.17, 15) is 9.59 Å². The van der Waals surface area contributed by atoms with Gasteiger partial charge in [0.05, 0.1) is 18.1 Å². The first-order valence-corrected chi connectivity index (χ1v) is 13.0. The molecule has 5 aromatic rings. The standard InChI is InChI=1S/C27H27N9O2S/c1-27(2,3)24-29-13-20(21(34-24)17-12-31-39-14-17)33-26(38)32-18-8-6-7-15(9-18)19-10-16-11-30-25(28-4)35-22(16)36(5)23(19)37/h6-14H,1-5H3,(H,28,30,35)(H2,32,33,38). The second kappa shape index (κ2) is 10.2. The molecule has 1 aromatic carbocycles. The summed E-state index contributed by atoms with van der Waals surface area (Å²) in [4.78, 5) is 44.0. The third kappa shape index (κ3) is 5.32. The van der Waals surface area contributed by atoms with Gasteiger partial charge in [0.25, 0.3) is 5.56 Å². The Kier molecular flexibility index (Phi) is 6.79. The average molecular weight is 542 g/mol. The first-order chi connectivity index (χ1) is 18.6. The Morgan fingerprint density at radius 3 is 2.54 bits per heavy atom. The molecule has 0 unspecified atom stereocenters. The Morgan fingerprint density at radius 1 is 1.00 bits per heavy atom. The van der Waals surface area contributed by atoms with Crippen LogP contribution in [0.2, 0.25) is 0 Å². The number of nitrogens with one attached hydrogen (secondary N) is 3. The van der Waals surface area contributed by atoms with Gasteiger partial charge in [-0.15, -0.1) is 0 Å². The van der Waals surface area contributed by atoms with Gasteiger partial charge >= 0.3 is 6.03 Å². The minimum Gasteiger partial charge on any atom is -0.357 e. The average Bonchev–Trinajstić information content (AvgIpc) is 3.45. The highest BCUT2D eigenvalue weighted by molar-refractivity contribution is 7.03. The first-order valence-electron chi connectivity index (χ1n) is 12.1. The predicted molar refractivity (Wildman–Crippen MR) is 154 cm³/mol. The van der Waals surface area contributed by atoms with E-state index in [1.807, 2.05) is 32.2 Å². The Bertz CT molecular complexity index is 1740. The summed E-state index contributed by atoms with van der Waals surface area (Å²) in [6.45, 7) is 6.08. The molecule has 0 saturated carbocycles. The van der Waals surface area contributed by atoms with Crippen molar-refractivity contribution >= 4 is 45.9 Å². The van der Waals surface area contributed by atoms with Crippen LogP contribution in [0.4, 0.5) is 22.1 Å². The summed E-state index contributed by atoms with van der Waals surface area (Å²) >= 11 is 1.31. The van der Waals surface area contributed by atoms with Crippen molar-refractivity contribution in [2.75, 3.05) is 23.0 Å². The lowest BCUT2D eigenvalue weighted by atomic mass is 9.95. The molecule has 0 radical (unpaired) electrons. The molecular weight excluding hydrogens is 514 g/mol. The molecule has 0 saturated heterocycles. The summed E-state index contributed by atoms with van der Waals surface area (Å²) < 4.78 is 5.66. The topological polar surface area (TPSA) is 140 Å². The van der Waals surface area contributed by atoms with Crippen LogP contribution in [-0.4, -0.2) is 42.0 Å². The smallest absolute Gasteiger partial charge is 0.323 e. The lowest BCUT2D eigenvalue weighted by molar-refractivity contribution is 0.262. The number of urea groups is 1. The van der Waals surface area contributed by atoms with E-state index in [1.54, 1.807) is 57.0 Å². The number of amides is 2. The number of nitrogens with zero attached hydrogens (tertiary/aromatic N) is 6. The normalized spacial score (nSPS) is 11.4. The lowest BCUT2D eigenvalue weighted by Crippen LogP contribution is -2.22. The minimum atomic E-state index is -0.469. The Morgan fingerprint density at radius 2 is 1.82 bits per heavy atom. The zero-order valence-electron chi connectivity index (χ0n) is 22.1. The highest BCUT2D eigenvalue weighted by Crippen LogP contribution is 2.30. The number of aromatic nitrogens is 6. The maximum atomic E-state index is 13.2.